The molecule has 2 aromatic carbocycles. The van der Waals surface area contributed by atoms with Crippen molar-refractivity contribution in [2.45, 2.75) is 13.5 Å². The van der Waals surface area contributed by atoms with E-state index in [1.807, 2.05) is 30.3 Å². The van der Waals surface area contributed by atoms with Gasteiger partial charge in [-0.05, 0) is 48.9 Å². The molecule has 3 aromatic rings. The Morgan fingerprint density at radius 2 is 1.62 bits per heavy atom. The van der Waals surface area contributed by atoms with Crippen molar-refractivity contribution in [2.75, 3.05) is 10.6 Å². The van der Waals surface area contributed by atoms with Crippen molar-refractivity contribution >= 4 is 23.2 Å². The minimum absolute atomic E-state index is 0.0210. The Morgan fingerprint density at radius 3 is 2.23 bits per heavy atom. The van der Waals surface area contributed by atoms with Crippen LogP contribution in [0.15, 0.2) is 66.7 Å². The average Bonchev–Trinajstić information content (AvgIpc) is 2.68. The SMILES string of the molecule is CC(=O)c1ccc(NC(=O)c2ccc(NCc3ccccc3)nn2)cc1. The number of nitrogens with zero attached hydrogens (tertiary/aromatic N) is 2. The van der Waals surface area contributed by atoms with Crippen molar-refractivity contribution in [3.05, 3.63) is 83.6 Å². The number of hydrogen-bond donors (Lipinski definition) is 2. The first-order valence-corrected chi connectivity index (χ1v) is 8.16. The van der Waals surface area contributed by atoms with Crippen LogP contribution in [0.2, 0.25) is 0 Å². The smallest absolute Gasteiger partial charge is 0.276 e. The van der Waals surface area contributed by atoms with Gasteiger partial charge < -0.3 is 10.6 Å². The van der Waals surface area contributed by atoms with E-state index in [1.54, 1.807) is 36.4 Å². The third-order valence-electron chi connectivity index (χ3n) is 3.76. The minimum Gasteiger partial charge on any atom is -0.365 e. The summed E-state index contributed by atoms with van der Waals surface area (Å²) >= 11 is 0. The summed E-state index contributed by atoms with van der Waals surface area (Å²) in [6.07, 6.45) is 0. The molecule has 0 aliphatic heterocycles. The number of hydrogen-bond acceptors (Lipinski definition) is 5. The van der Waals surface area contributed by atoms with E-state index in [9.17, 15) is 9.59 Å². The van der Waals surface area contributed by atoms with Gasteiger partial charge in [0.05, 0.1) is 0 Å². The molecule has 0 bridgehead atoms. The van der Waals surface area contributed by atoms with Gasteiger partial charge in [-0.15, -0.1) is 10.2 Å². The molecule has 0 spiro atoms. The molecule has 0 fully saturated rings. The van der Waals surface area contributed by atoms with Crippen molar-refractivity contribution in [2.24, 2.45) is 0 Å². The summed E-state index contributed by atoms with van der Waals surface area (Å²) in [5.41, 5.74) is 2.53. The molecule has 1 aromatic heterocycles. The van der Waals surface area contributed by atoms with E-state index in [0.29, 0.717) is 23.6 Å². The Labute approximate surface area is 151 Å². The van der Waals surface area contributed by atoms with Crippen LogP contribution in [0.3, 0.4) is 0 Å². The van der Waals surface area contributed by atoms with E-state index < -0.39 is 0 Å². The van der Waals surface area contributed by atoms with Crippen LogP contribution in [0, 0.1) is 0 Å². The molecule has 0 saturated heterocycles. The highest BCUT2D eigenvalue weighted by atomic mass is 16.2. The highest BCUT2D eigenvalue weighted by Gasteiger charge is 2.09. The number of nitrogens with one attached hydrogen (secondary N) is 2. The molecule has 0 aliphatic carbocycles. The lowest BCUT2D eigenvalue weighted by molar-refractivity contribution is 0.101. The van der Waals surface area contributed by atoms with Gasteiger partial charge in [0.2, 0.25) is 0 Å². The second-order valence-corrected chi connectivity index (χ2v) is 5.73. The van der Waals surface area contributed by atoms with Gasteiger partial charge in [0, 0.05) is 17.8 Å². The first-order valence-electron chi connectivity index (χ1n) is 8.16. The number of carbonyl (C=O) groups is 2. The second kappa shape index (κ2) is 8.02. The molecular formula is C20H18N4O2. The highest BCUT2D eigenvalue weighted by Crippen LogP contribution is 2.12. The van der Waals surface area contributed by atoms with Crippen molar-refractivity contribution in [1.29, 1.82) is 0 Å². The molecule has 0 radical (unpaired) electrons. The van der Waals surface area contributed by atoms with Crippen LogP contribution >= 0.6 is 0 Å². The first kappa shape index (κ1) is 17.3. The number of rotatable bonds is 6. The van der Waals surface area contributed by atoms with E-state index >= 15 is 0 Å². The van der Waals surface area contributed by atoms with Gasteiger partial charge in [-0.3, -0.25) is 9.59 Å². The van der Waals surface area contributed by atoms with Gasteiger partial charge in [0.25, 0.3) is 5.91 Å². The largest absolute Gasteiger partial charge is 0.365 e. The minimum atomic E-state index is -0.359. The number of Topliss-reactive ketones (excluding diaryl/α,β-unsaturated/α-hetero) is 1. The molecule has 3 rings (SSSR count). The monoisotopic (exact) mass is 346 g/mol. The topological polar surface area (TPSA) is 84.0 Å². The average molecular weight is 346 g/mol. The normalized spacial score (nSPS) is 10.2. The molecule has 1 amide bonds. The van der Waals surface area contributed by atoms with Crippen molar-refractivity contribution < 1.29 is 9.59 Å². The van der Waals surface area contributed by atoms with Gasteiger partial charge in [-0.25, -0.2) is 0 Å². The molecule has 0 aliphatic rings. The number of amides is 1. The fourth-order valence-corrected chi connectivity index (χ4v) is 2.32. The Morgan fingerprint density at radius 1 is 0.885 bits per heavy atom. The van der Waals surface area contributed by atoms with Gasteiger partial charge in [-0.2, -0.15) is 0 Å². The van der Waals surface area contributed by atoms with Crippen LogP contribution in [-0.2, 0) is 6.54 Å². The Balaban J connectivity index is 1.58. The lowest BCUT2D eigenvalue weighted by Gasteiger charge is -2.07. The summed E-state index contributed by atoms with van der Waals surface area (Å²) in [6, 6.07) is 19.9. The first-order chi connectivity index (χ1) is 12.6. The summed E-state index contributed by atoms with van der Waals surface area (Å²) in [5.74, 6) is 0.214. The molecular weight excluding hydrogens is 328 g/mol. The molecule has 1 heterocycles. The van der Waals surface area contributed by atoms with Crippen LogP contribution in [0.5, 0.6) is 0 Å². The van der Waals surface area contributed by atoms with Crippen LogP contribution in [0.25, 0.3) is 0 Å². The molecule has 0 atom stereocenters. The molecule has 6 heteroatoms. The fraction of sp³-hybridized carbons (Fsp3) is 0.100. The quantitative estimate of drug-likeness (QED) is 0.667. The third kappa shape index (κ3) is 4.51. The van der Waals surface area contributed by atoms with Gasteiger partial charge in [0.15, 0.2) is 11.5 Å². The molecule has 130 valence electrons. The summed E-state index contributed by atoms with van der Waals surface area (Å²) < 4.78 is 0. The lowest BCUT2D eigenvalue weighted by atomic mass is 10.1. The van der Waals surface area contributed by atoms with Crippen LogP contribution in [0.1, 0.15) is 33.3 Å². The molecule has 26 heavy (non-hydrogen) atoms. The number of benzene rings is 2. The predicted molar refractivity (Wildman–Crippen MR) is 100 cm³/mol. The summed E-state index contributed by atoms with van der Waals surface area (Å²) in [7, 11) is 0. The fourth-order valence-electron chi connectivity index (χ4n) is 2.32. The Bertz CT molecular complexity index is 891. The van der Waals surface area contributed by atoms with Crippen molar-refractivity contribution in [3.8, 4) is 0 Å². The molecule has 0 unspecified atom stereocenters. The van der Waals surface area contributed by atoms with Gasteiger partial charge in [0.1, 0.15) is 5.82 Å². The van der Waals surface area contributed by atoms with Gasteiger partial charge >= 0.3 is 0 Å². The maximum atomic E-state index is 12.2. The zero-order valence-corrected chi connectivity index (χ0v) is 14.3. The third-order valence-corrected chi connectivity index (χ3v) is 3.76. The van der Waals surface area contributed by atoms with Crippen LogP contribution in [0.4, 0.5) is 11.5 Å². The van der Waals surface area contributed by atoms with E-state index in [2.05, 4.69) is 20.8 Å². The molecule has 0 saturated carbocycles. The van der Waals surface area contributed by atoms with E-state index in [0.717, 1.165) is 5.56 Å². The maximum absolute atomic E-state index is 12.2. The number of anilines is 2. The zero-order valence-electron chi connectivity index (χ0n) is 14.3. The van der Waals surface area contributed by atoms with Crippen molar-refractivity contribution in [3.63, 3.8) is 0 Å². The second-order valence-electron chi connectivity index (χ2n) is 5.73. The van der Waals surface area contributed by atoms with Crippen LogP contribution < -0.4 is 10.6 Å². The van der Waals surface area contributed by atoms with Gasteiger partial charge in [-0.1, -0.05) is 30.3 Å². The van der Waals surface area contributed by atoms with Crippen LogP contribution in [-0.4, -0.2) is 21.9 Å². The summed E-state index contributed by atoms with van der Waals surface area (Å²) in [5, 5.41) is 13.9. The number of aromatic nitrogens is 2. The molecule has 2 N–H and O–H groups in total. The van der Waals surface area contributed by atoms with Crippen molar-refractivity contribution in [1.82, 2.24) is 10.2 Å². The Hall–Kier alpha value is -3.54. The number of ketones is 1. The summed E-state index contributed by atoms with van der Waals surface area (Å²) in [4.78, 5) is 23.5. The van der Waals surface area contributed by atoms with E-state index in [1.165, 1.54) is 6.92 Å². The number of carbonyl (C=O) groups excluding carboxylic acids is 2. The highest BCUT2D eigenvalue weighted by molar-refractivity contribution is 6.03. The zero-order chi connectivity index (χ0) is 18.4. The van der Waals surface area contributed by atoms with E-state index in [-0.39, 0.29) is 17.4 Å². The maximum Gasteiger partial charge on any atom is 0.276 e. The predicted octanol–water partition coefficient (Wildman–Crippen LogP) is 3.54. The lowest BCUT2D eigenvalue weighted by Crippen LogP contribution is -2.15. The summed E-state index contributed by atoms with van der Waals surface area (Å²) in [6.45, 7) is 2.13. The van der Waals surface area contributed by atoms with E-state index in [4.69, 9.17) is 0 Å². The molecule has 6 nitrogen and oxygen atoms in total. The Kier molecular flexibility index (Phi) is 5.34. The standard InChI is InChI=1S/C20H18N4O2/c1-14(25)16-7-9-17(10-8-16)22-20(26)18-11-12-19(24-23-18)21-13-15-5-3-2-4-6-15/h2-12H,13H2,1H3,(H,21,24)(H,22,26).